The van der Waals surface area contributed by atoms with Gasteiger partial charge >= 0.3 is 12.1 Å². The van der Waals surface area contributed by atoms with Gasteiger partial charge in [-0.1, -0.05) is 0 Å². The van der Waals surface area contributed by atoms with Crippen LogP contribution in [0.5, 0.6) is 0 Å². The summed E-state index contributed by atoms with van der Waals surface area (Å²) in [7, 11) is 0. The second-order valence-corrected chi connectivity index (χ2v) is 4.24. The highest BCUT2D eigenvalue weighted by Crippen LogP contribution is 2.39. The van der Waals surface area contributed by atoms with E-state index in [2.05, 4.69) is 4.84 Å². The molecule has 0 aromatic rings. The maximum absolute atomic E-state index is 12.5. The Morgan fingerprint density at radius 2 is 2.00 bits per heavy atom. The molecule has 1 amide bonds. The number of carbonyl (C=O) groups is 2. The Bertz CT molecular complexity index is 340. The molecular weight excluding hydrogens is 243 g/mol. The van der Waals surface area contributed by atoms with Gasteiger partial charge < -0.3 is 9.94 Å². The molecule has 1 unspecified atom stereocenters. The third-order valence-electron chi connectivity index (χ3n) is 2.53. The number of alkyl halides is 3. The van der Waals surface area contributed by atoms with Crippen LogP contribution in [0.4, 0.5) is 13.2 Å². The summed E-state index contributed by atoms with van der Waals surface area (Å²) in [5.41, 5.74) is -2.74. The molecule has 1 aliphatic rings. The van der Waals surface area contributed by atoms with E-state index in [0.717, 1.165) is 0 Å². The van der Waals surface area contributed by atoms with Crippen LogP contribution in [0.1, 0.15) is 26.7 Å². The lowest BCUT2D eigenvalue weighted by Gasteiger charge is -2.28. The Morgan fingerprint density at radius 3 is 2.35 bits per heavy atom. The lowest BCUT2D eigenvalue weighted by Crippen LogP contribution is -2.46. The second kappa shape index (κ2) is 4.17. The molecule has 1 fully saturated rings. The molecule has 0 radical (unpaired) electrons. The van der Waals surface area contributed by atoms with E-state index in [1.807, 2.05) is 0 Å². The van der Waals surface area contributed by atoms with Crippen molar-refractivity contribution in [1.29, 1.82) is 0 Å². The summed E-state index contributed by atoms with van der Waals surface area (Å²) in [6, 6.07) is 0. The van der Waals surface area contributed by atoms with Crippen molar-refractivity contribution in [3.63, 3.8) is 0 Å². The molecule has 1 saturated heterocycles. The zero-order valence-electron chi connectivity index (χ0n) is 9.24. The fourth-order valence-electron chi connectivity index (χ4n) is 1.08. The van der Waals surface area contributed by atoms with Crippen molar-refractivity contribution in [2.24, 2.45) is 5.41 Å². The number of hydroxylamine groups is 2. The van der Waals surface area contributed by atoms with Crippen molar-refractivity contribution in [3.8, 4) is 0 Å². The molecule has 0 saturated carbocycles. The van der Waals surface area contributed by atoms with Crippen LogP contribution in [-0.2, 0) is 14.4 Å². The van der Waals surface area contributed by atoms with Crippen molar-refractivity contribution >= 4 is 11.9 Å². The summed E-state index contributed by atoms with van der Waals surface area (Å²) >= 11 is 0. The van der Waals surface area contributed by atoms with E-state index in [1.54, 1.807) is 0 Å². The van der Waals surface area contributed by atoms with Crippen LogP contribution in [0.15, 0.2) is 0 Å². The lowest BCUT2D eigenvalue weighted by atomic mass is 9.93. The number of halogens is 3. The minimum atomic E-state index is -4.79. The summed E-state index contributed by atoms with van der Waals surface area (Å²) in [5, 5.41) is 9.51. The molecule has 5 nitrogen and oxygen atoms in total. The number of hydrogen-bond donors (Lipinski definition) is 1. The molecular formula is C9H12F3NO4. The van der Waals surface area contributed by atoms with E-state index in [1.165, 1.54) is 0 Å². The van der Waals surface area contributed by atoms with Gasteiger partial charge in [-0.15, -0.1) is 5.06 Å². The van der Waals surface area contributed by atoms with Crippen molar-refractivity contribution < 1.29 is 32.7 Å². The van der Waals surface area contributed by atoms with E-state index in [0.29, 0.717) is 13.8 Å². The molecule has 0 bridgehead atoms. The molecule has 1 N–H and O–H groups in total. The van der Waals surface area contributed by atoms with Gasteiger partial charge in [0.05, 0.1) is 0 Å². The zero-order valence-corrected chi connectivity index (χ0v) is 9.24. The Kier molecular flexibility index (Phi) is 3.37. The molecule has 0 aromatic heterocycles. The van der Waals surface area contributed by atoms with Gasteiger partial charge in [-0.05, 0) is 13.8 Å². The second-order valence-electron chi connectivity index (χ2n) is 4.24. The number of rotatable bonds is 2. The maximum Gasteiger partial charge on any atom is 0.404 e. The van der Waals surface area contributed by atoms with Gasteiger partial charge in [0.1, 0.15) is 0 Å². The van der Waals surface area contributed by atoms with Crippen LogP contribution < -0.4 is 0 Å². The van der Waals surface area contributed by atoms with E-state index >= 15 is 0 Å². The molecule has 1 rings (SSSR count). The smallest absolute Gasteiger partial charge is 0.370 e. The number of hydrogen-bond acceptors (Lipinski definition) is 4. The number of aliphatic hydroxyl groups is 1. The highest BCUT2D eigenvalue weighted by molar-refractivity contribution is 5.82. The SMILES string of the molecule is CC(C)(C(=O)ON1C(=O)CCC1O)C(F)(F)F. The predicted molar refractivity (Wildman–Crippen MR) is 48.0 cm³/mol. The molecule has 98 valence electrons. The van der Waals surface area contributed by atoms with E-state index in [9.17, 15) is 27.9 Å². The van der Waals surface area contributed by atoms with Crippen LogP contribution in [-0.4, -0.2) is 34.5 Å². The van der Waals surface area contributed by atoms with Gasteiger partial charge in [-0.2, -0.15) is 13.2 Å². The Balaban J connectivity index is 2.76. The molecule has 1 heterocycles. The molecule has 1 aliphatic heterocycles. The molecule has 17 heavy (non-hydrogen) atoms. The van der Waals surface area contributed by atoms with Crippen LogP contribution in [0.25, 0.3) is 0 Å². The minimum Gasteiger partial charge on any atom is -0.370 e. The fourth-order valence-corrected chi connectivity index (χ4v) is 1.08. The monoisotopic (exact) mass is 255 g/mol. The quantitative estimate of drug-likeness (QED) is 0.798. The standard InChI is InChI=1S/C9H12F3NO4/c1-8(2,9(10,11)12)7(16)17-13-5(14)3-4-6(13)15/h5,14H,3-4H2,1-2H3. The van der Waals surface area contributed by atoms with Gasteiger partial charge in [0, 0.05) is 12.8 Å². The van der Waals surface area contributed by atoms with E-state index in [4.69, 9.17) is 0 Å². The van der Waals surface area contributed by atoms with Crippen LogP contribution in [0.3, 0.4) is 0 Å². The third kappa shape index (κ3) is 2.51. The molecule has 0 aromatic carbocycles. The first kappa shape index (κ1) is 13.8. The molecule has 0 spiro atoms. The van der Waals surface area contributed by atoms with Crippen molar-refractivity contribution in [2.75, 3.05) is 0 Å². The van der Waals surface area contributed by atoms with Gasteiger partial charge in [0.25, 0.3) is 5.91 Å². The maximum atomic E-state index is 12.5. The first-order valence-corrected chi connectivity index (χ1v) is 4.86. The average molecular weight is 255 g/mol. The van der Waals surface area contributed by atoms with Gasteiger partial charge in [0.15, 0.2) is 11.6 Å². The topological polar surface area (TPSA) is 66.8 Å². The summed E-state index contributed by atoms with van der Waals surface area (Å²) in [6.45, 7) is 1.28. The average Bonchev–Trinajstić information content (AvgIpc) is 2.47. The lowest BCUT2D eigenvalue weighted by molar-refractivity contribution is -0.258. The van der Waals surface area contributed by atoms with Gasteiger partial charge in [-0.25, -0.2) is 4.79 Å². The summed E-state index contributed by atoms with van der Waals surface area (Å²) in [4.78, 5) is 26.7. The van der Waals surface area contributed by atoms with Crippen LogP contribution in [0, 0.1) is 5.41 Å². The van der Waals surface area contributed by atoms with E-state index < -0.39 is 29.7 Å². The first-order valence-electron chi connectivity index (χ1n) is 4.86. The van der Waals surface area contributed by atoms with Gasteiger partial charge in [0.2, 0.25) is 0 Å². The summed E-state index contributed by atoms with van der Waals surface area (Å²) in [5.74, 6) is -2.34. The first-order chi connectivity index (χ1) is 7.57. The zero-order chi connectivity index (χ0) is 13.4. The van der Waals surface area contributed by atoms with Crippen molar-refractivity contribution in [2.45, 2.75) is 39.1 Å². The number of carbonyl (C=O) groups excluding carboxylic acids is 2. The number of nitrogens with zero attached hydrogens (tertiary/aromatic N) is 1. The minimum absolute atomic E-state index is 0.0263. The third-order valence-corrected chi connectivity index (χ3v) is 2.53. The molecule has 1 atom stereocenters. The van der Waals surface area contributed by atoms with Gasteiger partial charge in [-0.3, -0.25) is 4.79 Å². The molecule has 0 aliphatic carbocycles. The Hall–Kier alpha value is -1.31. The van der Waals surface area contributed by atoms with Crippen LogP contribution in [0.2, 0.25) is 0 Å². The highest BCUT2D eigenvalue weighted by atomic mass is 19.4. The predicted octanol–water partition coefficient (Wildman–Crippen LogP) is 0.974. The summed E-state index contributed by atoms with van der Waals surface area (Å²) in [6.07, 6.45) is -6.22. The Labute approximate surface area is 95.1 Å². The normalized spacial score (nSPS) is 21.9. The van der Waals surface area contributed by atoms with Crippen molar-refractivity contribution in [3.05, 3.63) is 0 Å². The number of amides is 1. The fraction of sp³-hybridized carbons (Fsp3) is 0.778. The van der Waals surface area contributed by atoms with E-state index in [-0.39, 0.29) is 17.9 Å². The largest absolute Gasteiger partial charge is 0.404 e. The number of aliphatic hydroxyl groups excluding tert-OH is 1. The van der Waals surface area contributed by atoms with Crippen molar-refractivity contribution in [1.82, 2.24) is 5.06 Å². The van der Waals surface area contributed by atoms with Crippen LogP contribution >= 0.6 is 0 Å². The summed E-state index contributed by atoms with van der Waals surface area (Å²) < 4.78 is 37.5. The molecule has 8 heteroatoms. The highest BCUT2D eigenvalue weighted by Gasteiger charge is 2.55. The Morgan fingerprint density at radius 1 is 1.47 bits per heavy atom.